The molecule has 2 aromatic rings. The number of rotatable bonds is 1. The summed E-state index contributed by atoms with van der Waals surface area (Å²) < 4.78 is 5.48. The Bertz CT molecular complexity index is 874. The lowest BCUT2D eigenvalue weighted by molar-refractivity contribution is -0.144. The summed E-state index contributed by atoms with van der Waals surface area (Å²) >= 11 is 0. The van der Waals surface area contributed by atoms with Crippen molar-refractivity contribution >= 4 is 22.6 Å². The molecular weight excluding hydrogens is 290 g/mol. The van der Waals surface area contributed by atoms with Crippen LogP contribution in [0, 0.1) is 0 Å². The fourth-order valence-electron chi connectivity index (χ4n) is 3.60. The van der Waals surface area contributed by atoms with Gasteiger partial charge in [-0.05, 0) is 30.2 Å². The van der Waals surface area contributed by atoms with Crippen molar-refractivity contribution in [2.45, 2.75) is 31.8 Å². The molecule has 0 saturated heterocycles. The Kier molecular flexibility index (Phi) is 2.85. The van der Waals surface area contributed by atoms with Gasteiger partial charge in [0.25, 0.3) is 0 Å². The molecule has 0 spiro atoms. The number of amides is 1. The third-order valence-electron chi connectivity index (χ3n) is 4.64. The molecule has 4 nitrogen and oxygen atoms in total. The molecule has 1 atom stereocenters. The summed E-state index contributed by atoms with van der Waals surface area (Å²) in [7, 11) is 0. The summed E-state index contributed by atoms with van der Waals surface area (Å²) in [4.78, 5) is 24.6. The zero-order chi connectivity index (χ0) is 16.2. The molecule has 0 saturated carbocycles. The van der Waals surface area contributed by atoms with Crippen LogP contribution in [0.2, 0.25) is 0 Å². The molecule has 23 heavy (non-hydrogen) atoms. The molecule has 0 aromatic heterocycles. The van der Waals surface area contributed by atoms with Crippen LogP contribution >= 0.6 is 0 Å². The van der Waals surface area contributed by atoms with Gasteiger partial charge in [0.1, 0.15) is 5.60 Å². The normalized spacial score (nSPS) is 22.8. The van der Waals surface area contributed by atoms with Crippen LogP contribution in [0.1, 0.15) is 31.7 Å². The first kappa shape index (κ1) is 14.0. The summed E-state index contributed by atoms with van der Waals surface area (Å²) in [6.07, 6.45) is 0.262. The Morgan fingerprint density at radius 3 is 2.65 bits per heavy atom. The summed E-state index contributed by atoms with van der Waals surface area (Å²) in [5.41, 5.74) is 1.41. The second-order valence-corrected chi connectivity index (χ2v) is 6.56. The summed E-state index contributed by atoms with van der Waals surface area (Å²) in [6, 6.07) is 14.0. The van der Waals surface area contributed by atoms with Crippen molar-refractivity contribution in [1.82, 2.24) is 5.32 Å². The lowest BCUT2D eigenvalue weighted by Gasteiger charge is -2.27. The van der Waals surface area contributed by atoms with Crippen LogP contribution in [0.25, 0.3) is 10.8 Å². The SMILES string of the molecule is CC1(C)OC(=O)C2=C1NC(=O)CC2c1cccc2ccccc12. The molecule has 2 heterocycles. The highest BCUT2D eigenvalue weighted by molar-refractivity contribution is 6.00. The summed E-state index contributed by atoms with van der Waals surface area (Å²) in [5.74, 6) is -0.671. The maximum atomic E-state index is 12.4. The van der Waals surface area contributed by atoms with E-state index in [2.05, 4.69) is 5.32 Å². The lowest BCUT2D eigenvalue weighted by Crippen LogP contribution is -2.38. The Balaban J connectivity index is 1.95. The number of esters is 1. The van der Waals surface area contributed by atoms with Crippen LogP contribution in [-0.2, 0) is 14.3 Å². The lowest BCUT2D eigenvalue weighted by atomic mass is 9.81. The van der Waals surface area contributed by atoms with Gasteiger partial charge >= 0.3 is 5.97 Å². The number of hydrogen-bond donors (Lipinski definition) is 1. The fraction of sp³-hybridized carbons (Fsp3) is 0.263. The Hall–Kier alpha value is -2.62. The first-order valence-electron chi connectivity index (χ1n) is 7.73. The molecule has 1 unspecified atom stereocenters. The minimum absolute atomic E-state index is 0.0759. The van der Waals surface area contributed by atoms with Crippen molar-refractivity contribution in [2.24, 2.45) is 0 Å². The van der Waals surface area contributed by atoms with E-state index in [-0.39, 0.29) is 24.2 Å². The monoisotopic (exact) mass is 307 g/mol. The first-order chi connectivity index (χ1) is 11.0. The van der Waals surface area contributed by atoms with Crippen molar-refractivity contribution < 1.29 is 14.3 Å². The maximum Gasteiger partial charge on any atom is 0.337 e. The van der Waals surface area contributed by atoms with Crippen molar-refractivity contribution in [1.29, 1.82) is 0 Å². The summed E-state index contributed by atoms with van der Waals surface area (Å²) in [5, 5.41) is 5.01. The van der Waals surface area contributed by atoms with Gasteiger partial charge in [-0.25, -0.2) is 4.79 Å². The molecule has 1 amide bonds. The molecular formula is C19H17NO3. The molecule has 4 rings (SSSR count). The van der Waals surface area contributed by atoms with Crippen molar-refractivity contribution in [3.63, 3.8) is 0 Å². The van der Waals surface area contributed by atoms with E-state index in [9.17, 15) is 9.59 Å². The smallest absolute Gasteiger partial charge is 0.337 e. The maximum absolute atomic E-state index is 12.4. The quantitative estimate of drug-likeness (QED) is 0.824. The first-order valence-corrected chi connectivity index (χ1v) is 7.73. The average Bonchev–Trinajstić information content (AvgIpc) is 2.75. The number of carbonyl (C=O) groups excluding carboxylic acids is 2. The summed E-state index contributed by atoms with van der Waals surface area (Å²) in [6.45, 7) is 3.61. The van der Waals surface area contributed by atoms with E-state index in [4.69, 9.17) is 4.74 Å². The molecule has 4 heteroatoms. The van der Waals surface area contributed by atoms with Gasteiger partial charge in [-0.1, -0.05) is 42.5 Å². The van der Waals surface area contributed by atoms with E-state index in [1.165, 1.54) is 0 Å². The number of cyclic esters (lactones) is 1. The second kappa shape index (κ2) is 4.69. The van der Waals surface area contributed by atoms with Gasteiger partial charge in [0.15, 0.2) is 0 Å². The predicted octanol–water partition coefficient (Wildman–Crippen LogP) is 3.03. The van der Waals surface area contributed by atoms with Gasteiger partial charge in [0.2, 0.25) is 5.91 Å². The third-order valence-corrected chi connectivity index (χ3v) is 4.64. The Morgan fingerprint density at radius 2 is 1.83 bits per heavy atom. The van der Waals surface area contributed by atoms with Gasteiger partial charge in [-0.2, -0.15) is 0 Å². The van der Waals surface area contributed by atoms with Gasteiger partial charge in [-0.3, -0.25) is 4.79 Å². The molecule has 0 bridgehead atoms. The third kappa shape index (κ3) is 2.05. The molecule has 116 valence electrons. The van der Waals surface area contributed by atoms with Gasteiger partial charge in [0, 0.05) is 12.3 Å². The highest BCUT2D eigenvalue weighted by Gasteiger charge is 2.47. The number of fused-ring (bicyclic) bond motifs is 1. The van der Waals surface area contributed by atoms with Crippen molar-refractivity contribution in [2.75, 3.05) is 0 Å². The zero-order valence-electron chi connectivity index (χ0n) is 13.1. The average molecular weight is 307 g/mol. The number of benzene rings is 2. The number of carbonyl (C=O) groups is 2. The van der Waals surface area contributed by atoms with Crippen LogP contribution < -0.4 is 5.32 Å². The van der Waals surface area contributed by atoms with E-state index >= 15 is 0 Å². The second-order valence-electron chi connectivity index (χ2n) is 6.56. The molecule has 2 aliphatic heterocycles. The molecule has 1 N–H and O–H groups in total. The minimum atomic E-state index is -0.786. The van der Waals surface area contributed by atoms with E-state index in [1.54, 1.807) is 13.8 Å². The highest BCUT2D eigenvalue weighted by Crippen LogP contribution is 2.44. The van der Waals surface area contributed by atoms with Crippen LogP contribution in [0.15, 0.2) is 53.7 Å². The fourth-order valence-corrected chi connectivity index (χ4v) is 3.60. The Morgan fingerprint density at radius 1 is 1.09 bits per heavy atom. The standard InChI is InChI=1S/C19H17NO3/c1-19(2)17-16(18(22)23-19)14(10-15(21)20-17)13-9-5-7-11-6-3-4-8-12(11)13/h3-9,14H,10H2,1-2H3,(H,20,21). The molecule has 0 radical (unpaired) electrons. The van der Waals surface area contributed by atoms with Crippen LogP contribution in [0.3, 0.4) is 0 Å². The number of ether oxygens (including phenoxy) is 1. The van der Waals surface area contributed by atoms with E-state index < -0.39 is 5.60 Å². The Labute approximate surface area is 134 Å². The van der Waals surface area contributed by atoms with E-state index in [0.29, 0.717) is 11.3 Å². The predicted molar refractivity (Wildman–Crippen MR) is 86.6 cm³/mol. The molecule has 0 fully saturated rings. The molecule has 2 aromatic carbocycles. The number of hydrogen-bond acceptors (Lipinski definition) is 3. The van der Waals surface area contributed by atoms with Crippen LogP contribution in [0.5, 0.6) is 0 Å². The van der Waals surface area contributed by atoms with E-state index in [0.717, 1.165) is 16.3 Å². The topological polar surface area (TPSA) is 55.4 Å². The number of nitrogens with one attached hydrogen (secondary N) is 1. The van der Waals surface area contributed by atoms with Crippen LogP contribution in [0.4, 0.5) is 0 Å². The minimum Gasteiger partial charge on any atom is -0.450 e. The zero-order valence-corrected chi connectivity index (χ0v) is 13.1. The van der Waals surface area contributed by atoms with Gasteiger partial charge in [-0.15, -0.1) is 0 Å². The highest BCUT2D eigenvalue weighted by atomic mass is 16.6. The largest absolute Gasteiger partial charge is 0.450 e. The molecule has 0 aliphatic carbocycles. The van der Waals surface area contributed by atoms with Crippen LogP contribution in [-0.4, -0.2) is 17.5 Å². The van der Waals surface area contributed by atoms with Crippen molar-refractivity contribution in [3.05, 3.63) is 59.3 Å². The van der Waals surface area contributed by atoms with Gasteiger partial charge < -0.3 is 10.1 Å². The van der Waals surface area contributed by atoms with Gasteiger partial charge in [0.05, 0.1) is 11.3 Å². The molecule has 2 aliphatic rings. The van der Waals surface area contributed by atoms with Crippen molar-refractivity contribution in [3.8, 4) is 0 Å². The van der Waals surface area contributed by atoms with E-state index in [1.807, 2.05) is 42.5 Å².